The van der Waals surface area contributed by atoms with Gasteiger partial charge in [-0.1, -0.05) is 33.3 Å². The van der Waals surface area contributed by atoms with Crippen molar-refractivity contribution in [2.45, 2.75) is 73.6 Å². The fraction of sp³-hybridized carbons (Fsp3) is 0.542. The van der Waals surface area contributed by atoms with Crippen LogP contribution in [0.5, 0.6) is 0 Å². The van der Waals surface area contributed by atoms with Gasteiger partial charge >= 0.3 is 5.97 Å². The summed E-state index contributed by atoms with van der Waals surface area (Å²) in [7, 11) is 0. The number of esters is 1. The number of unbranched alkanes of at least 4 members (excludes halogenated alkanes) is 2. The van der Waals surface area contributed by atoms with E-state index in [2.05, 4.69) is 26.6 Å². The van der Waals surface area contributed by atoms with Crippen LogP contribution >= 0.6 is 0 Å². The molecule has 0 aliphatic rings. The Labute approximate surface area is 188 Å². The number of hydrogen-bond donors (Lipinski definition) is 1. The van der Waals surface area contributed by atoms with Gasteiger partial charge in [-0.2, -0.15) is 5.26 Å². The molecular formula is C24H40N4O3. The van der Waals surface area contributed by atoms with E-state index in [9.17, 15) is 4.79 Å². The van der Waals surface area contributed by atoms with Gasteiger partial charge in [-0.3, -0.25) is 9.78 Å². The summed E-state index contributed by atoms with van der Waals surface area (Å²) in [6, 6.07) is 7.83. The molecule has 2 aromatic heterocycles. The highest BCUT2D eigenvalue weighted by atomic mass is 16.5. The van der Waals surface area contributed by atoms with E-state index in [0.717, 1.165) is 31.4 Å². The average Bonchev–Trinajstić information content (AvgIpc) is 2.76. The topological polar surface area (TPSA) is 109 Å². The number of nitrogens with zero attached hydrogens (tertiary/aromatic N) is 4. The zero-order chi connectivity index (χ0) is 24.2. The first-order chi connectivity index (χ1) is 14.9. The van der Waals surface area contributed by atoms with E-state index in [1.807, 2.05) is 58.2 Å². The molecule has 0 fully saturated rings. The molecule has 2 aromatic rings. The number of rotatable bonds is 5. The van der Waals surface area contributed by atoms with Crippen molar-refractivity contribution in [3.8, 4) is 6.07 Å². The summed E-state index contributed by atoms with van der Waals surface area (Å²) in [5.41, 5.74) is 2.22. The molecule has 7 nitrogen and oxygen atoms in total. The van der Waals surface area contributed by atoms with Crippen LogP contribution in [-0.4, -0.2) is 39.2 Å². The smallest absolute Gasteiger partial charge is 0.302 e. The fourth-order valence-electron chi connectivity index (χ4n) is 1.32. The van der Waals surface area contributed by atoms with Crippen LogP contribution in [0.25, 0.3) is 0 Å². The number of carbonyl (C=O) groups is 1. The molecule has 0 aliphatic carbocycles. The Hall–Kier alpha value is -2.85. The molecule has 174 valence electrons. The minimum atomic E-state index is -0.193. The van der Waals surface area contributed by atoms with Crippen LogP contribution in [0.15, 0.2) is 43.1 Å². The van der Waals surface area contributed by atoms with E-state index < -0.39 is 0 Å². The summed E-state index contributed by atoms with van der Waals surface area (Å²) >= 11 is 0. The van der Waals surface area contributed by atoms with Crippen LogP contribution < -0.4 is 0 Å². The second-order valence-corrected chi connectivity index (χ2v) is 6.21. The quantitative estimate of drug-likeness (QED) is 0.645. The summed E-state index contributed by atoms with van der Waals surface area (Å²) < 4.78 is 4.55. The largest absolute Gasteiger partial charge is 0.466 e. The summed E-state index contributed by atoms with van der Waals surface area (Å²) in [6.07, 6.45) is 11.5. The van der Waals surface area contributed by atoms with E-state index in [0.29, 0.717) is 19.6 Å². The van der Waals surface area contributed by atoms with Gasteiger partial charge in [0.25, 0.3) is 0 Å². The Kier molecular flexibility index (Phi) is 31.1. The van der Waals surface area contributed by atoms with Gasteiger partial charge < -0.3 is 9.84 Å². The van der Waals surface area contributed by atoms with Gasteiger partial charge in [0.15, 0.2) is 0 Å². The van der Waals surface area contributed by atoms with Crippen LogP contribution in [0.4, 0.5) is 0 Å². The molecule has 2 rings (SSSR count). The number of ether oxygens (including phenoxy) is 1. The third-order valence-electron chi connectivity index (χ3n) is 2.92. The third kappa shape index (κ3) is 38.4. The fourth-order valence-corrected chi connectivity index (χ4v) is 1.32. The maximum atomic E-state index is 9.98. The van der Waals surface area contributed by atoms with E-state index in [-0.39, 0.29) is 5.97 Å². The normalized spacial score (nSPS) is 8.19. The van der Waals surface area contributed by atoms with Gasteiger partial charge in [0.1, 0.15) is 6.33 Å². The summed E-state index contributed by atoms with van der Waals surface area (Å²) in [4.78, 5) is 21.5. The summed E-state index contributed by atoms with van der Waals surface area (Å²) in [5, 5.41) is 15.9. The maximum absolute atomic E-state index is 9.98. The maximum Gasteiger partial charge on any atom is 0.302 e. The number of aromatic nitrogens is 3. The molecule has 1 N–H and O–H groups in total. The van der Waals surface area contributed by atoms with Gasteiger partial charge in [0, 0.05) is 44.2 Å². The predicted octanol–water partition coefficient (Wildman–Crippen LogP) is 5.22. The van der Waals surface area contributed by atoms with E-state index in [4.69, 9.17) is 10.4 Å². The van der Waals surface area contributed by atoms with Crippen LogP contribution in [0.1, 0.15) is 71.1 Å². The second kappa shape index (κ2) is 29.4. The Bertz CT molecular complexity index is 593. The molecule has 0 radical (unpaired) electrons. The van der Waals surface area contributed by atoms with E-state index in [1.54, 1.807) is 12.4 Å². The molecule has 0 saturated carbocycles. The average molecular weight is 433 g/mol. The Morgan fingerprint density at radius 2 is 1.81 bits per heavy atom. The molecule has 0 aliphatic heterocycles. The van der Waals surface area contributed by atoms with Crippen LogP contribution in [0.3, 0.4) is 0 Å². The van der Waals surface area contributed by atoms with Gasteiger partial charge in [-0.25, -0.2) is 9.97 Å². The molecule has 0 aromatic carbocycles. The van der Waals surface area contributed by atoms with E-state index in [1.165, 1.54) is 18.8 Å². The number of nitriles is 1. The third-order valence-corrected chi connectivity index (χ3v) is 2.92. The number of hydrogen-bond acceptors (Lipinski definition) is 7. The number of aryl methyl sites for hydroxylation is 2. The lowest BCUT2D eigenvalue weighted by Gasteiger charge is -1.93. The van der Waals surface area contributed by atoms with Crippen LogP contribution in [0.2, 0.25) is 0 Å². The first kappa shape index (κ1) is 32.8. The minimum absolute atomic E-state index is 0.193. The number of carbonyl (C=O) groups excluding carboxylic acids is 1. The van der Waals surface area contributed by atoms with Gasteiger partial charge in [0.05, 0.1) is 12.7 Å². The highest BCUT2D eigenvalue weighted by molar-refractivity contribution is 5.65. The summed E-state index contributed by atoms with van der Waals surface area (Å²) in [6.45, 7) is 12.3. The van der Waals surface area contributed by atoms with Crippen molar-refractivity contribution in [3.63, 3.8) is 0 Å². The van der Waals surface area contributed by atoms with Crippen molar-refractivity contribution >= 4 is 5.97 Å². The minimum Gasteiger partial charge on any atom is -0.466 e. The molecule has 0 spiro atoms. The molecule has 0 unspecified atom stereocenters. The highest BCUT2D eigenvalue weighted by Crippen LogP contribution is 1.88. The molecular weight excluding hydrogens is 392 g/mol. The van der Waals surface area contributed by atoms with Gasteiger partial charge in [0.2, 0.25) is 0 Å². The number of aliphatic hydroxyl groups excluding tert-OH is 1. The van der Waals surface area contributed by atoms with E-state index >= 15 is 0 Å². The van der Waals surface area contributed by atoms with Gasteiger partial charge in [-0.05, 0) is 50.8 Å². The van der Waals surface area contributed by atoms with Crippen LogP contribution in [-0.2, 0) is 9.53 Å². The lowest BCUT2D eigenvalue weighted by atomic mass is 10.3. The number of aliphatic hydroxyl groups is 1. The SMILES string of the molecule is CCCC#N.CCCCO.CCCOC(C)=O.Cc1cccnc1.Cc1ccncn1. The zero-order valence-electron chi connectivity index (χ0n) is 20.0. The van der Waals surface area contributed by atoms with Crippen molar-refractivity contribution in [1.82, 2.24) is 15.0 Å². The summed E-state index contributed by atoms with van der Waals surface area (Å²) in [5.74, 6) is -0.193. The zero-order valence-corrected chi connectivity index (χ0v) is 20.0. The monoisotopic (exact) mass is 432 g/mol. The standard InChI is InChI=1S/C6H7N.C5H6N2.C5H10O2.C4H7N.C4H10O/c1-6-3-2-4-7-5-6;1-5-2-3-6-4-7-5;1-3-4-7-5(2)6;2*1-2-3-4-5/h2-5H,1H3;2-4H,1H3;3-4H2,1-2H3;2-3H2,1H3;5H,2-4H2,1H3. The Morgan fingerprint density at radius 1 is 1.10 bits per heavy atom. The Morgan fingerprint density at radius 3 is 1.97 bits per heavy atom. The second-order valence-electron chi connectivity index (χ2n) is 6.21. The first-order valence-electron chi connectivity index (χ1n) is 10.6. The van der Waals surface area contributed by atoms with Crippen molar-refractivity contribution in [2.75, 3.05) is 13.2 Å². The molecule has 0 saturated heterocycles. The molecule has 2 heterocycles. The number of pyridine rings is 1. The van der Waals surface area contributed by atoms with Crippen molar-refractivity contribution in [3.05, 3.63) is 54.4 Å². The first-order valence-corrected chi connectivity index (χ1v) is 10.6. The lowest BCUT2D eigenvalue weighted by Crippen LogP contribution is -1.98. The van der Waals surface area contributed by atoms with Gasteiger partial charge in [-0.15, -0.1) is 0 Å². The van der Waals surface area contributed by atoms with Crippen LogP contribution in [0, 0.1) is 25.2 Å². The van der Waals surface area contributed by atoms with Crippen molar-refractivity contribution in [1.29, 1.82) is 5.26 Å². The molecule has 0 amide bonds. The lowest BCUT2D eigenvalue weighted by molar-refractivity contribution is -0.140. The molecule has 0 bridgehead atoms. The predicted molar refractivity (Wildman–Crippen MR) is 125 cm³/mol. The molecule has 7 heteroatoms. The van der Waals surface area contributed by atoms with Crippen molar-refractivity contribution < 1.29 is 14.6 Å². The molecule has 0 atom stereocenters. The Balaban J connectivity index is -0.000000319. The highest BCUT2D eigenvalue weighted by Gasteiger charge is 1.85. The molecule has 31 heavy (non-hydrogen) atoms. The van der Waals surface area contributed by atoms with Crippen molar-refractivity contribution in [2.24, 2.45) is 0 Å².